The highest BCUT2D eigenvalue weighted by Gasteiger charge is 2.18. The van der Waals surface area contributed by atoms with Gasteiger partial charge >= 0.3 is 5.97 Å². The molecule has 2 rings (SSSR count). The predicted octanol–water partition coefficient (Wildman–Crippen LogP) is 0.334. The van der Waals surface area contributed by atoms with Crippen LogP contribution in [0, 0.1) is 6.92 Å². The summed E-state index contributed by atoms with van der Waals surface area (Å²) in [7, 11) is 1.53. The van der Waals surface area contributed by atoms with Crippen molar-refractivity contribution < 1.29 is 14.6 Å². The Labute approximate surface area is 109 Å². The van der Waals surface area contributed by atoms with Crippen LogP contribution in [0.2, 0.25) is 0 Å². The number of aryl methyl sites for hydroxylation is 1. The fourth-order valence-electron chi connectivity index (χ4n) is 1.71. The lowest BCUT2D eigenvalue weighted by Crippen LogP contribution is -2.31. The van der Waals surface area contributed by atoms with Gasteiger partial charge in [-0.15, -0.1) is 0 Å². The molecular weight excluding hydrogens is 250 g/mol. The van der Waals surface area contributed by atoms with Crippen LogP contribution in [-0.4, -0.2) is 50.4 Å². The van der Waals surface area contributed by atoms with Gasteiger partial charge in [0.25, 0.3) is 5.78 Å². The number of aromatic nitrogens is 4. The monoisotopic (exact) mass is 265 g/mol. The number of nitrogens with zero attached hydrogens (tertiary/aromatic N) is 4. The maximum atomic E-state index is 11.2. The molecule has 0 saturated carbocycles. The van der Waals surface area contributed by atoms with Crippen molar-refractivity contribution in [1.29, 1.82) is 0 Å². The van der Waals surface area contributed by atoms with Crippen LogP contribution in [0.15, 0.2) is 12.4 Å². The zero-order valence-electron chi connectivity index (χ0n) is 10.7. The second-order valence-electron chi connectivity index (χ2n) is 4.07. The van der Waals surface area contributed by atoms with E-state index < -0.39 is 12.0 Å². The third kappa shape index (κ3) is 2.97. The van der Waals surface area contributed by atoms with Gasteiger partial charge in [0, 0.05) is 31.9 Å². The summed E-state index contributed by atoms with van der Waals surface area (Å²) in [4.78, 5) is 19.4. The standard InChI is InChI=1S/C11H15N5O3/c1-7-5-9(16-11(14-7)12-6-13-16)15-8(10(17)18)3-4-19-2/h5-6,8,15H,3-4H2,1-2H3,(H,17,18). The van der Waals surface area contributed by atoms with Gasteiger partial charge in [-0.2, -0.15) is 14.6 Å². The molecule has 0 aromatic carbocycles. The van der Waals surface area contributed by atoms with Crippen LogP contribution in [0.25, 0.3) is 5.78 Å². The van der Waals surface area contributed by atoms with E-state index in [1.807, 2.05) is 6.92 Å². The molecule has 0 fully saturated rings. The fraction of sp³-hybridized carbons (Fsp3) is 0.455. The van der Waals surface area contributed by atoms with E-state index in [1.165, 1.54) is 18.0 Å². The molecule has 19 heavy (non-hydrogen) atoms. The topological polar surface area (TPSA) is 102 Å². The Morgan fingerprint density at radius 2 is 2.42 bits per heavy atom. The minimum atomic E-state index is -0.945. The third-order valence-corrected chi connectivity index (χ3v) is 2.61. The smallest absolute Gasteiger partial charge is 0.326 e. The number of methoxy groups -OCH3 is 1. The highest BCUT2D eigenvalue weighted by atomic mass is 16.5. The first-order valence-electron chi connectivity index (χ1n) is 5.77. The Morgan fingerprint density at radius 3 is 3.11 bits per heavy atom. The fourth-order valence-corrected chi connectivity index (χ4v) is 1.71. The average molecular weight is 265 g/mol. The Balaban J connectivity index is 2.27. The highest BCUT2D eigenvalue weighted by Crippen LogP contribution is 2.12. The molecule has 0 bridgehead atoms. The van der Waals surface area contributed by atoms with Crippen LogP contribution in [0.4, 0.5) is 5.82 Å². The zero-order valence-corrected chi connectivity index (χ0v) is 10.7. The number of ether oxygens (including phenoxy) is 1. The molecule has 0 radical (unpaired) electrons. The van der Waals surface area contributed by atoms with E-state index in [-0.39, 0.29) is 0 Å². The predicted molar refractivity (Wildman–Crippen MR) is 67.1 cm³/mol. The Morgan fingerprint density at radius 1 is 1.63 bits per heavy atom. The van der Waals surface area contributed by atoms with Gasteiger partial charge in [0.15, 0.2) is 0 Å². The number of hydrogen-bond donors (Lipinski definition) is 2. The summed E-state index contributed by atoms with van der Waals surface area (Å²) in [6.45, 7) is 2.17. The van der Waals surface area contributed by atoms with E-state index in [1.54, 1.807) is 6.07 Å². The van der Waals surface area contributed by atoms with Crippen molar-refractivity contribution in [3.8, 4) is 0 Å². The van der Waals surface area contributed by atoms with Crippen molar-refractivity contribution in [3.63, 3.8) is 0 Å². The van der Waals surface area contributed by atoms with Crippen LogP contribution in [0.5, 0.6) is 0 Å². The van der Waals surface area contributed by atoms with Crippen molar-refractivity contribution in [1.82, 2.24) is 19.6 Å². The van der Waals surface area contributed by atoms with Crippen LogP contribution in [0.1, 0.15) is 12.1 Å². The summed E-state index contributed by atoms with van der Waals surface area (Å²) in [5.74, 6) is 0.0293. The maximum Gasteiger partial charge on any atom is 0.326 e. The molecular formula is C11H15N5O3. The molecule has 2 N–H and O–H groups in total. The number of anilines is 1. The molecule has 2 aromatic rings. The molecule has 0 spiro atoms. The van der Waals surface area contributed by atoms with Gasteiger partial charge < -0.3 is 15.2 Å². The van der Waals surface area contributed by atoms with E-state index in [9.17, 15) is 9.90 Å². The summed E-state index contributed by atoms with van der Waals surface area (Å²) in [5, 5.41) is 16.1. The number of fused-ring (bicyclic) bond motifs is 1. The van der Waals surface area contributed by atoms with Gasteiger partial charge in [0.1, 0.15) is 18.2 Å². The van der Waals surface area contributed by atoms with Crippen LogP contribution in [0.3, 0.4) is 0 Å². The largest absolute Gasteiger partial charge is 0.480 e. The first-order chi connectivity index (χ1) is 9.11. The second-order valence-corrected chi connectivity index (χ2v) is 4.07. The zero-order chi connectivity index (χ0) is 13.8. The minimum absolute atomic E-state index is 0.351. The number of hydrogen-bond acceptors (Lipinski definition) is 6. The Kier molecular flexibility index (Phi) is 3.91. The molecule has 0 saturated heterocycles. The molecule has 2 heterocycles. The van der Waals surface area contributed by atoms with Crippen LogP contribution in [-0.2, 0) is 9.53 Å². The van der Waals surface area contributed by atoms with E-state index >= 15 is 0 Å². The van der Waals surface area contributed by atoms with Gasteiger partial charge in [-0.25, -0.2) is 9.78 Å². The van der Waals surface area contributed by atoms with Crippen molar-refractivity contribution in [2.75, 3.05) is 19.0 Å². The van der Waals surface area contributed by atoms with Gasteiger partial charge in [0.2, 0.25) is 0 Å². The molecule has 0 aliphatic rings. The Hall–Kier alpha value is -2.22. The number of nitrogens with one attached hydrogen (secondary N) is 1. The van der Waals surface area contributed by atoms with Crippen LogP contribution < -0.4 is 5.32 Å². The normalized spacial score (nSPS) is 12.5. The summed E-state index contributed by atoms with van der Waals surface area (Å²) in [6, 6.07) is 0.971. The Bertz CT molecular complexity index is 583. The summed E-state index contributed by atoms with van der Waals surface area (Å²) in [6.07, 6.45) is 1.72. The lowest BCUT2D eigenvalue weighted by Gasteiger charge is -2.16. The lowest BCUT2D eigenvalue weighted by molar-refractivity contribution is -0.138. The van der Waals surface area contributed by atoms with Crippen molar-refractivity contribution in [3.05, 3.63) is 18.1 Å². The third-order valence-electron chi connectivity index (χ3n) is 2.61. The molecule has 0 aliphatic carbocycles. The number of rotatable bonds is 6. The molecule has 1 unspecified atom stereocenters. The number of carboxylic acid groups (broad SMARTS) is 1. The number of carboxylic acids is 1. The van der Waals surface area contributed by atoms with E-state index in [4.69, 9.17) is 4.74 Å². The number of aliphatic carboxylic acids is 1. The first kappa shape index (κ1) is 13.2. The van der Waals surface area contributed by atoms with Gasteiger partial charge in [0.05, 0.1) is 0 Å². The van der Waals surface area contributed by atoms with Crippen molar-refractivity contribution >= 4 is 17.6 Å². The van der Waals surface area contributed by atoms with E-state index in [2.05, 4.69) is 20.4 Å². The summed E-state index contributed by atoms with van der Waals surface area (Å²) in [5.41, 5.74) is 0.735. The summed E-state index contributed by atoms with van der Waals surface area (Å²) >= 11 is 0. The van der Waals surface area contributed by atoms with Gasteiger partial charge in [-0.3, -0.25) is 0 Å². The molecule has 102 valence electrons. The molecule has 8 nitrogen and oxygen atoms in total. The van der Waals surface area contributed by atoms with Gasteiger partial charge in [-0.05, 0) is 6.92 Å². The molecule has 0 amide bonds. The average Bonchev–Trinajstić information content (AvgIpc) is 2.81. The van der Waals surface area contributed by atoms with Crippen LogP contribution >= 0.6 is 0 Å². The van der Waals surface area contributed by atoms with Crippen molar-refractivity contribution in [2.45, 2.75) is 19.4 Å². The molecule has 2 aromatic heterocycles. The second kappa shape index (κ2) is 5.61. The maximum absolute atomic E-state index is 11.2. The quantitative estimate of drug-likeness (QED) is 0.776. The molecule has 0 aliphatic heterocycles. The minimum Gasteiger partial charge on any atom is -0.480 e. The lowest BCUT2D eigenvalue weighted by atomic mass is 10.2. The summed E-state index contributed by atoms with van der Waals surface area (Å²) < 4.78 is 6.37. The van der Waals surface area contributed by atoms with E-state index in [0.717, 1.165) is 5.69 Å². The number of carbonyl (C=O) groups is 1. The SMILES string of the molecule is COCCC(Nc1cc(C)nc2ncnn12)C(=O)O. The van der Waals surface area contributed by atoms with Gasteiger partial charge in [-0.1, -0.05) is 0 Å². The first-order valence-corrected chi connectivity index (χ1v) is 5.77. The molecule has 8 heteroatoms. The van der Waals surface area contributed by atoms with Crippen molar-refractivity contribution in [2.24, 2.45) is 0 Å². The highest BCUT2D eigenvalue weighted by molar-refractivity contribution is 5.77. The van der Waals surface area contributed by atoms with E-state index in [0.29, 0.717) is 24.6 Å². The molecule has 1 atom stereocenters.